The predicted octanol–water partition coefficient (Wildman–Crippen LogP) is 8.20. The van der Waals surface area contributed by atoms with Gasteiger partial charge >= 0.3 is 11.9 Å². The van der Waals surface area contributed by atoms with Crippen LogP contribution in [0.3, 0.4) is 0 Å². The summed E-state index contributed by atoms with van der Waals surface area (Å²) < 4.78 is 0.718. The Balaban J connectivity index is 1.47. The van der Waals surface area contributed by atoms with Crippen molar-refractivity contribution < 1.29 is 30.0 Å². The molecule has 4 aromatic carbocycles. The molecule has 38 heavy (non-hydrogen) atoms. The number of carbonyl (C=O) groups is 2. The van der Waals surface area contributed by atoms with E-state index in [1.54, 1.807) is 24.3 Å². The number of rotatable bonds is 7. The van der Waals surface area contributed by atoms with Crippen molar-refractivity contribution >= 4 is 79.9 Å². The molecular weight excluding hydrogens is 718 g/mol. The Morgan fingerprint density at radius 3 is 1.16 bits per heavy atom. The summed E-state index contributed by atoms with van der Waals surface area (Å²) in [4.78, 5) is 22.6. The molecule has 4 aromatic rings. The summed E-state index contributed by atoms with van der Waals surface area (Å²) >= 11 is 3.66. The molecule has 0 saturated carbocycles. The zero-order valence-corrected chi connectivity index (χ0v) is 23.4. The van der Waals surface area contributed by atoms with E-state index in [-0.39, 0.29) is 22.6 Å². The van der Waals surface area contributed by atoms with Crippen molar-refractivity contribution in [3.8, 4) is 22.6 Å². The maximum atomic E-state index is 11.3. The molecule has 0 atom stereocenters. The van der Waals surface area contributed by atoms with Crippen molar-refractivity contribution in [1.82, 2.24) is 0 Å². The van der Waals surface area contributed by atoms with Crippen LogP contribution in [0, 0.1) is 7.14 Å². The fraction of sp³-hybridized carbons (Fsp3) is 0. The average Bonchev–Trinajstić information content (AvgIpc) is 2.90. The number of aromatic hydroxyl groups is 2. The fourth-order valence-electron chi connectivity index (χ4n) is 3.28. The van der Waals surface area contributed by atoms with E-state index in [1.807, 2.05) is 69.4 Å². The molecule has 0 aromatic heterocycles. The van der Waals surface area contributed by atoms with Crippen molar-refractivity contribution in [2.75, 3.05) is 0 Å². The highest BCUT2D eigenvalue weighted by atomic mass is 127. The third kappa shape index (κ3) is 6.31. The maximum Gasteiger partial charge on any atom is 0.339 e. The van der Waals surface area contributed by atoms with Gasteiger partial charge in [-0.05, 0) is 105 Å². The monoisotopic (exact) mass is 734 g/mol. The van der Waals surface area contributed by atoms with Crippen molar-refractivity contribution in [2.24, 2.45) is 20.5 Å². The third-order valence-corrected chi connectivity index (χ3v) is 6.83. The summed E-state index contributed by atoms with van der Waals surface area (Å²) in [6, 6.07) is 20.1. The molecule has 0 heterocycles. The zero-order valence-electron chi connectivity index (χ0n) is 19.1. The van der Waals surface area contributed by atoms with Crippen LogP contribution in [0.25, 0.3) is 11.1 Å². The van der Waals surface area contributed by atoms with Gasteiger partial charge in [-0.25, -0.2) is 9.59 Å². The molecule has 0 amide bonds. The minimum Gasteiger partial charge on any atom is -0.506 e. The quantitative estimate of drug-likeness (QED) is 0.110. The van der Waals surface area contributed by atoms with Crippen molar-refractivity contribution in [3.63, 3.8) is 0 Å². The molecule has 190 valence electrons. The highest BCUT2D eigenvalue weighted by Gasteiger charge is 2.15. The lowest BCUT2D eigenvalue weighted by molar-refractivity contribution is 0.0682. The molecule has 4 rings (SSSR count). The molecular formula is C26H16I2N4O6. The van der Waals surface area contributed by atoms with Gasteiger partial charge in [0.2, 0.25) is 0 Å². The molecule has 0 aliphatic heterocycles. The summed E-state index contributed by atoms with van der Waals surface area (Å²) in [5.74, 6) is -3.12. The summed E-state index contributed by atoms with van der Waals surface area (Å²) in [7, 11) is 0. The SMILES string of the molecule is O=C(O)c1cc(N=Nc2ccc(-c3ccc(N=Nc4cc(I)c(O)c(C(=O)O)c4)cc3)cc2)cc(I)c1O. The number of azo groups is 2. The lowest BCUT2D eigenvalue weighted by Gasteiger charge is -2.04. The summed E-state index contributed by atoms with van der Waals surface area (Å²) in [6.45, 7) is 0. The van der Waals surface area contributed by atoms with Crippen LogP contribution in [0.4, 0.5) is 22.7 Å². The number of hydrogen-bond acceptors (Lipinski definition) is 8. The molecule has 12 heteroatoms. The molecule has 4 N–H and O–H groups in total. The Hall–Kier alpha value is -3.92. The standard InChI is InChI=1S/C26H16I2N4O6/c27-21-11-17(9-19(23(21)33)25(35)36)31-29-15-5-1-13(2-6-15)14-3-7-16(8-4-14)30-32-18-10-20(26(37)38)24(34)22(28)12-18/h1-12,33-34H,(H,35,36)(H,37,38). The number of carboxylic acid groups (broad SMARTS) is 2. The van der Waals surface area contributed by atoms with Gasteiger partial charge in [0, 0.05) is 0 Å². The van der Waals surface area contributed by atoms with E-state index in [9.17, 15) is 30.0 Å². The van der Waals surface area contributed by atoms with E-state index < -0.39 is 11.9 Å². The summed E-state index contributed by atoms with van der Waals surface area (Å²) in [5, 5.41) is 54.6. The molecule has 0 radical (unpaired) electrons. The van der Waals surface area contributed by atoms with Crippen LogP contribution in [0.15, 0.2) is 93.3 Å². The van der Waals surface area contributed by atoms with Crippen LogP contribution in [0.1, 0.15) is 20.7 Å². The second-order valence-electron chi connectivity index (χ2n) is 7.75. The summed E-state index contributed by atoms with van der Waals surface area (Å²) in [6.07, 6.45) is 0. The average molecular weight is 734 g/mol. The first-order valence-electron chi connectivity index (χ1n) is 10.7. The van der Waals surface area contributed by atoms with Gasteiger partial charge in [0.05, 0.1) is 29.9 Å². The summed E-state index contributed by atoms with van der Waals surface area (Å²) in [5.41, 5.74) is 3.07. The molecule has 0 bridgehead atoms. The maximum absolute atomic E-state index is 11.3. The number of benzene rings is 4. The Labute approximate surface area is 242 Å². The van der Waals surface area contributed by atoms with Gasteiger partial charge in [-0.1, -0.05) is 24.3 Å². The molecule has 0 aliphatic carbocycles. The van der Waals surface area contributed by atoms with Gasteiger partial charge in [-0.2, -0.15) is 20.5 Å². The number of halogens is 2. The molecule has 0 spiro atoms. The number of carboxylic acids is 2. The minimum atomic E-state index is -1.25. The normalized spacial score (nSPS) is 11.3. The van der Waals surface area contributed by atoms with E-state index in [4.69, 9.17) is 0 Å². The van der Waals surface area contributed by atoms with Crippen LogP contribution >= 0.6 is 45.2 Å². The number of aromatic carboxylic acids is 2. The smallest absolute Gasteiger partial charge is 0.339 e. The first kappa shape index (κ1) is 27.1. The Kier molecular flexibility index (Phi) is 8.31. The number of nitrogens with zero attached hydrogens (tertiary/aromatic N) is 4. The van der Waals surface area contributed by atoms with Gasteiger partial charge in [-0.3, -0.25) is 0 Å². The van der Waals surface area contributed by atoms with Crippen molar-refractivity contribution in [1.29, 1.82) is 0 Å². The van der Waals surface area contributed by atoms with E-state index in [0.29, 0.717) is 29.9 Å². The van der Waals surface area contributed by atoms with Crippen molar-refractivity contribution in [2.45, 2.75) is 0 Å². The third-order valence-electron chi connectivity index (χ3n) is 5.19. The van der Waals surface area contributed by atoms with Crippen LogP contribution in [0.5, 0.6) is 11.5 Å². The highest BCUT2D eigenvalue weighted by Crippen LogP contribution is 2.33. The van der Waals surface area contributed by atoms with E-state index in [2.05, 4.69) is 20.5 Å². The molecule has 0 saturated heterocycles. The number of hydrogen-bond donors (Lipinski definition) is 4. The highest BCUT2D eigenvalue weighted by molar-refractivity contribution is 14.1. The largest absolute Gasteiger partial charge is 0.506 e. The minimum absolute atomic E-state index is 0.244. The number of phenols is 2. The molecule has 0 fully saturated rings. The first-order chi connectivity index (χ1) is 18.1. The van der Waals surface area contributed by atoms with Gasteiger partial charge < -0.3 is 20.4 Å². The fourth-order valence-corrected chi connectivity index (χ4v) is 4.50. The van der Waals surface area contributed by atoms with Crippen LogP contribution in [-0.4, -0.2) is 32.4 Å². The molecule has 0 aliphatic rings. The Morgan fingerprint density at radius 1 is 0.526 bits per heavy atom. The van der Waals surface area contributed by atoms with Crippen LogP contribution in [0.2, 0.25) is 0 Å². The van der Waals surface area contributed by atoms with Crippen LogP contribution < -0.4 is 0 Å². The first-order valence-corrected chi connectivity index (χ1v) is 12.8. The topological polar surface area (TPSA) is 164 Å². The van der Waals surface area contributed by atoms with Gasteiger partial charge in [0.1, 0.15) is 22.6 Å². The van der Waals surface area contributed by atoms with Crippen molar-refractivity contribution in [3.05, 3.63) is 91.1 Å². The molecule has 0 unspecified atom stereocenters. The van der Waals surface area contributed by atoms with E-state index in [1.165, 1.54) is 24.3 Å². The Morgan fingerprint density at radius 2 is 0.842 bits per heavy atom. The second kappa shape index (κ2) is 11.6. The Bertz CT molecular complexity index is 1480. The van der Waals surface area contributed by atoms with Gasteiger partial charge in [-0.15, -0.1) is 0 Å². The lowest BCUT2D eigenvalue weighted by atomic mass is 10.1. The van der Waals surface area contributed by atoms with Gasteiger partial charge in [0.25, 0.3) is 0 Å². The van der Waals surface area contributed by atoms with Gasteiger partial charge in [0.15, 0.2) is 0 Å². The molecule has 10 nitrogen and oxygen atoms in total. The second-order valence-corrected chi connectivity index (χ2v) is 10.1. The zero-order chi connectivity index (χ0) is 27.4. The lowest BCUT2D eigenvalue weighted by Crippen LogP contribution is -1.97. The van der Waals surface area contributed by atoms with E-state index >= 15 is 0 Å². The van der Waals surface area contributed by atoms with Crippen LogP contribution in [-0.2, 0) is 0 Å². The predicted molar refractivity (Wildman–Crippen MR) is 156 cm³/mol. The van der Waals surface area contributed by atoms with E-state index in [0.717, 1.165) is 11.1 Å².